The third-order valence-corrected chi connectivity index (χ3v) is 5.01. The lowest BCUT2D eigenvalue weighted by Crippen LogP contribution is -2.29. The third-order valence-electron chi connectivity index (χ3n) is 4.76. The van der Waals surface area contributed by atoms with Crippen LogP contribution >= 0.6 is 11.6 Å². The van der Waals surface area contributed by atoms with E-state index in [9.17, 15) is 4.39 Å². The van der Waals surface area contributed by atoms with Gasteiger partial charge in [0.25, 0.3) is 0 Å². The van der Waals surface area contributed by atoms with Gasteiger partial charge in [-0.25, -0.2) is 4.39 Å². The maximum atomic E-state index is 14.2. The molecule has 1 aliphatic heterocycles. The first kappa shape index (κ1) is 13.4. The highest BCUT2D eigenvalue weighted by Crippen LogP contribution is 2.55. The molecule has 0 amide bonds. The van der Waals surface area contributed by atoms with Crippen molar-refractivity contribution in [3.63, 3.8) is 0 Å². The second kappa shape index (κ2) is 5.06. The zero-order chi connectivity index (χ0) is 13.6. The Morgan fingerprint density at radius 2 is 1.79 bits per heavy atom. The van der Waals surface area contributed by atoms with Gasteiger partial charge in [-0.1, -0.05) is 37.6 Å². The lowest BCUT2D eigenvalue weighted by molar-refractivity contribution is 0.194. The van der Waals surface area contributed by atoms with Gasteiger partial charge in [0.2, 0.25) is 0 Å². The van der Waals surface area contributed by atoms with Crippen molar-refractivity contribution in [2.75, 3.05) is 19.6 Å². The molecule has 3 rings (SSSR count). The Hall–Kier alpha value is -0.600. The Morgan fingerprint density at radius 3 is 2.32 bits per heavy atom. The van der Waals surface area contributed by atoms with Crippen LogP contribution in [0.2, 0.25) is 5.02 Å². The van der Waals surface area contributed by atoms with E-state index < -0.39 is 6.17 Å². The van der Waals surface area contributed by atoms with E-state index in [-0.39, 0.29) is 0 Å². The average Bonchev–Trinajstić information content (AvgIpc) is 2.88. The van der Waals surface area contributed by atoms with Gasteiger partial charge in [0.05, 0.1) is 0 Å². The molecule has 19 heavy (non-hydrogen) atoms. The van der Waals surface area contributed by atoms with Crippen molar-refractivity contribution in [1.82, 2.24) is 4.90 Å². The first-order valence-electron chi connectivity index (χ1n) is 7.18. The summed E-state index contributed by atoms with van der Waals surface area (Å²) in [6.07, 6.45) is -0.896. The summed E-state index contributed by atoms with van der Waals surface area (Å²) in [7, 11) is 0. The summed E-state index contributed by atoms with van der Waals surface area (Å²) in [5, 5.41) is 0.665. The van der Waals surface area contributed by atoms with Gasteiger partial charge in [-0.15, -0.1) is 0 Å². The Bertz CT molecular complexity index is 433. The lowest BCUT2D eigenvalue weighted by Gasteiger charge is -2.22. The number of benzene rings is 1. The first-order chi connectivity index (χ1) is 9.06. The van der Waals surface area contributed by atoms with Gasteiger partial charge in [0, 0.05) is 24.7 Å². The van der Waals surface area contributed by atoms with Gasteiger partial charge >= 0.3 is 0 Å². The van der Waals surface area contributed by atoms with E-state index in [1.54, 1.807) is 24.3 Å². The van der Waals surface area contributed by atoms with Crippen molar-refractivity contribution in [3.8, 4) is 0 Å². The van der Waals surface area contributed by atoms with E-state index in [0.29, 0.717) is 11.6 Å². The number of piperidine rings is 1. The molecule has 0 aromatic heterocycles. The van der Waals surface area contributed by atoms with Gasteiger partial charge in [-0.2, -0.15) is 0 Å². The van der Waals surface area contributed by atoms with Crippen molar-refractivity contribution in [3.05, 3.63) is 34.9 Å². The SMILES string of the molecule is CC(C)C1C2CN(CC(F)c3ccc(Cl)cc3)CC21. The first-order valence-corrected chi connectivity index (χ1v) is 7.56. The van der Waals surface area contributed by atoms with Gasteiger partial charge < -0.3 is 0 Å². The van der Waals surface area contributed by atoms with E-state index in [1.165, 1.54) is 0 Å². The number of fused-ring (bicyclic) bond motifs is 1. The summed E-state index contributed by atoms with van der Waals surface area (Å²) < 4.78 is 14.2. The molecule has 1 aliphatic carbocycles. The number of hydrogen-bond acceptors (Lipinski definition) is 1. The van der Waals surface area contributed by atoms with Crippen LogP contribution in [0.3, 0.4) is 0 Å². The van der Waals surface area contributed by atoms with Crippen LogP contribution in [-0.2, 0) is 0 Å². The van der Waals surface area contributed by atoms with Crippen molar-refractivity contribution in [1.29, 1.82) is 0 Å². The highest BCUT2D eigenvalue weighted by molar-refractivity contribution is 6.30. The van der Waals surface area contributed by atoms with Gasteiger partial charge in [0.1, 0.15) is 6.17 Å². The lowest BCUT2D eigenvalue weighted by atomic mass is 10.0. The second-order valence-electron chi connectivity index (χ2n) is 6.39. The zero-order valence-electron chi connectivity index (χ0n) is 11.5. The van der Waals surface area contributed by atoms with E-state index in [0.717, 1.165) is 42.3 Å². The summed E-state index contributed by atoms with van der Waals surface area (Å²) in [4.78, 5) is 2.29. The molecule has 1 saturated heterocycles. The molecule has 104 valence electrons. The summed E-state index contributed by atoms with van der Waals surface area (Å²) in [6, 6.07) is 7.11. The molecule has 1 heterocycles. The maximum Gasteiger partial charge on any atom is 0.138 e. The van der Waals surface area contributed by atoms with Crippen molar-refractivity contribution in [2.45, 2.75) is 20.0 Å². The van der Waals surface area contributed by atoms with Crippen molar-refractivity contribution in [2.24, 2.45) is 23.7 Å². The quantitative estimate of drug-likeness (QED) is 0.800. The van der Waals surface area contributed by atoms with Gasteiger partial charge in [0.15, 0.2) is 0 Å². The van der Waals surface area contributed by atoms with Gasteiger partial charge in [-0.05, 0) is 41.4 Å². The summed E-state index contributed by atoms with van der Waals surface area (Å²) in [6.45, 7) is 7.31. The minimum absolute atomic E-state index is 0.527. The zero-order valence-corrected chi connectivity index (χ0v) is 12.3. The van der Waals surface area contributed by atoms with E-state index in [1.807, 2.05) is 0 Å². The molecule has 3 heteroatoms. The highest BCUT2D eigenvalue weighted by Gasteiger charge is 2.56. The second-order valence-corrected chi connectivity index (χ2v) is 6.82. The molecule has 2 fully saturated rings. The fourth-order valence-corrected chi connectivity index (χ4v) is 3.93. The molecule has 2 aliphatic rings. The fraction of sp³-hybridized carbons (Fsp3) is 0.625. The van der Waals surface area contributed by atoms with Crippen LogP contribution in [0.25, 0.3) is 0 Å². The smallest absolute Gasteiger partial charge is 0.138 e. The Morgan fingerprint density at radius 1 is 1.21 bits per heavy atom. The molecule has 3 atom stereocenters. The number of halogens is 2. The van der Waals surface area contributed by atoms with E-state index in [4.69, 9.17) is 11.6 Å². The van der Waals surface area contributed by atoms with Crippen LogP contribution in [0.1, 0.15) is 25.6 Å². The van der Waals surface area contributed by atoms with Crippen LogP contribution in [0, 0.1) is 23.7 Å². The van der Waals surface area contributed by atoms with Crippen LogP contribution < -0.4 is 0 Å². The summed E-state index contributed by atoms with van der Waals surface area (Å²) >= 11 is 5.82. The molecule has 1 aromatic carbocycles. The number of hydrogen-bond donors (Lipinski definition) is 0. The molecule has 0 bridgehead atoms. The van der Waals surface area contributed by atoms with Crippen LogP contribution in [0.15, 0.2) is 24.3 Å². The normalized spacial score (nSPS) is 31.5. The van der Waals surface area contributed by atoms with E-state index >= 15 is 0 Å². The third kappa shape index (κ3) is 2.66. The Kier molecular flexibility index (Phi) is 3.57. The number of alkyl halides is 1. The standard InChI is InChI=1S/C16H21ClFN/c1-10(2)16-13-7-19(8-14(13)16)9-15(18)11-3-5-12(17)6-4-11/h3-6,10,13-16H,7-9H2,1-2H3. The Balaban J connectivity index is 1.52. The van der Waals surface area contributed by atoms with E-state index in [2.05, 4.69) is 18.7 Å². The van der Waals surface area contributed by atoms with Crippen molar-refractivity contribution >= 4 is 11.6 Å². The molecular formula is C16H21ClFN. The molecular weight excluding hydrogens is 261 g/mol. The predicted octanol–water partition coefficient (Wildman–Crippen LogP) is 4.18. The number of nitrogens with zero attached hydrogens (tertiary/aromatic N) is 1. The summed E-state index contributed by atoms with van der Waals surface area (Å²) in [5.41, 5.74) is 0.741. The number of rotatable bonds is 4. The van der Waals surface area contributed by atoms with Crippen molar-refractivity contribution < 1.29 is 4.39 Å². The van der Waals surface area contributed by atoms with Crippen LogP contribution in [0.5, 0.6) is 0 Å². The minimum atomic E-state index is -0.896. The maximum absolute atomic E-state index is 14.2. The van der Waals surface area contributed by atoms with Crippen LogP contribution in [-0.4, -0.2) is 24.5 Å². The fourth-order valence-electron chi connectivity index (χ4n) is 3.80. The molecule has 0 spiro atoms. The molecule has 0 radical (unpaired) electrons. The average molecular weight is 282 g/mol. The minimum Gasteiger partial charge on any atom is -0.300 e. The molecule has 1 nitrogen and oxygen atoms in total. The molecule has 0 N–H and O–H groups in total. The topological polar surface area (TPSA) is 3.24 Å². The summed E-state index contributed by atoms with van der Waals surface area (Å²) in [5.74, 6) is 3.34. The highest BCUT2D eigenvalue weighted by atomic mass is 35.5. The predicted molar refractivity (Wildman–Crippen MR) is 77.0 cm³/mol. The largest absolute Gasteiger partial charge is 0.300 e. The number of likely N-dealkylation sites (tertiary alicyclic amines) is 1. The Labute approximate surface area is 119 Å². The molecule has 1 saturated carbocycles. The van der Waals surface area contributed by atoms with Crippen LogP contribution in [0.4, 0.5) is 4.39 Å². The molecule has 3 unspecified atom stereocenters. The monoisotopic (exact) mass is 281 g/mol. The van der Waals surface area contributed by atoms with Gasteiger partial charge in [-0.3, -0.25) is 4.90 Å². The molecule has 1 aromatic rings.